The van der Waals surface area contributed by atoms with E-state index in [0.29, 0.717) is 0 Å². The first-order valence-electron chi connectivity index (χ1n) is 6.56. The van der Waals surface area contributed by atoms with Crippen LogP contribution in [0.4, 0.5) is 0 Å². The number of benzene rings is 2. The molecule has 3 aromatic rings. The molecule has 3 rings (SSSR count). The fourth-order valence-corrected chi connectivity index (χ4v) is 3.27. The molecule has 1 atom stereocenters. The normalized spacial score (nSPS) is 12.5. The molecule has 1 aromatic heterocycles. The van der Waals surface area contributed by atoms with E-state index in [2.05, 4.69) is 81.4 Å². The predicted molar refractivity (Wildman–Crippen MR) is 91.8 cm³/mol. The molecule has 0 spiro atoms. The second-order valence-corrected chi connectivity index (χ2v) is 5.82. The summed E-state index contributed by atoms with van der Waals surface area (Å²) in [5, 5.41) is 4.64. The molecular formula is C17H15IN2. The van der Waals surface area contributed by atoms with E-state index in [1.807, 2.05) is 19.3 Å². The van der Waals surface area contributed by atoms with Gasteiger partial charge >= 0.3 is 0 Å². The highest BCUT2D eigenvalue weighted by molar-refractivity contribution is 14.1. The molecule has 1 N–H and O–H groups in total. The van der Waals surface area contributed by atoms with Gasteiger partial charge in [0.05, 0.1) is 11.6 Å². The zero-order valence-electron chi connectivity index (χ0n) is 11.2. The lowest BCUT2D eigenvalue weighted by Gasteiger charge is -2.20. The van der Waals surface area contributed by atoms with Gasteiger partial charge in [0, 0.05) is 15.2 Å². The fourth-order valence-electron chi connectivity index (χ4n) is 2.57. The first-order chi connectivity index (χ1) is 9.81. The van der Waals surface area contributed by atoms with Crippen LogP contribution in [0.25, 0.3) is 10.9 Å². The van der Waals surface area contributed by atoms with Crippen molar-refractivity contribution in [1.82, 2.24) is 10.3 Å². The summed E-state index contributed by atoms with van der Waals surface area (Å²) in [5.74, 6) is 0. The molecule has 0 saturated carbocycles. The lowest BCUT2D eigenvalue weighted by Crippen LogP contribution is -2.19. The summed E-state index contributed by atoms with van der Waals surface area (Å²) in [4.78, 5) is 4.45. The molecule has 0 aliphatic rings. The van der Waals surface area contributed by atoms with Crippen LogP contribution in [0, 0.1) is 3.57 Å². The Hall–Kier alpha value is -1.46. The molecule has 1 heterocycles. The van der Waals surface area contributed by atoms with E-state index in [4.69, 9.17) is 0 Å². The van der Waals surface area contributed by atoms with Crippen LogP contribution in [0.2, 0.25) is 0 Å². The van der Waals surface area contributed by atoms with Crippen molar-refractivity contribution < 1.29 is 0 Å². The van der Waals surface area contributed by atoms with Crippen LogP contribution in [0.3, 0.4) is 0 Å². The van der Waals surface area contributed by atoms with Crippen molar-refractivity contribution in [2.24, 2.45) is 0 Å². The monoisotopic (exact) mass is 374 g/mol. The molecular weight excluding hydrogens is 359 g/mol. The van der Waals surface area contributed by atoms with Gasteiger partial charge in [-0.1, -0.05) is 36.4 Å². The van der Waals surface area contributed by atoms with E-state index < -0.39 is 0 Å². The third-order valence-corrected chi connectivity index (χ3v) is 4.48. The third kappa shape index (κ3) is 2.43. The number of halogens is 1. The lowest BCUT2D eigenvalue weighted by atomic mass is 9.95. The highest BCUT2D eigenvalue weighted by Gasteiger charge is 2.16. The molecule has 20 heavy (non-hydrogen) atoms. The Morgan fingerprint density at radius 2 is 1.75 bits per heavy atom. The molecule has 3 heteroatoms. The summed E-state index contributed by atoms with van der Waals surface area (Å²) in [7, 11) is 2.00. The Bertz CT molecular complexity index is 734. The Labute approximate surface area is 132 Å². The Balaban J connectivity index is 2.20. The van der Waals surface area contributed by atoms with Gasteiger partial charge < -0.3 is 5.32 Å². The first-order valence-corrected chi connectivity index (χ1v) is 7.64. The van der Waals surface area contributed by atoms with Gasteiger partial charge in [0.15, 0.2) is 0 Å². The zero-order chi connectivity index (χ0) is 13.9. The summed E-state index contributed by atoms with van der Waals surface area (Å²) >= 11 is 2.39. The zero-order valence-corrected chi connectivity index (χ0v) is 13.3. The topological polar surface area (TPSA) is 24.9 Å². The molecule has 0 bridgehead atoms. The predicted octanol–water partition coefficient (Wildman–Crippen LogP) is 4.15. The number of rotatable bonds is 3. The van der Waals surface area contributed by atoms with Gasteiger partial charge in [0.1, 0.15) is 0 Å². The van der Waals surface area contributed by atoms with Gasteiger partial charge in [0.25, 0.3) is 0 Å². The SMILES string of the molecule is CNC(c1ccccc1I)c1cccc2ncccc12. The molecule has 0 aliphatic carbocycles. The van der Waals surface area contributed by atoms with Gasteiger partial charge in [-0.05, 0) is 59.0 Å². The molecule has 2 nitrogen and oxygen atoms in total. The maximum atomic E-state index is 4.45. The second-order valence-electron chi connectivity index (χ2n) is 4.66. The Kier molecular flexibility index (Phi) is 3.98. The van der Waals surface area contributed by atoms with Crippen molar-refractivity contribution in [3.05, 3.63) is 75.5 Å². The van der Waals surface area contributed by atoms with Crippen molar-refractivity contribution in [2.45, 2.75) is 6.04 Å². The second kappa shape index (κ2) is 5.89. The van der Waals surface area contributed by atoms with E-state index in [9.17, 15) is 0 Å². The minimum atomic E-state index is 0.177. The van der Waals surface area contributed by atoms with Crippen LogP contribution in [0.15, 0.2) is 60.8 Å². The summed E-state index contributed by atoms with van der Waals surface area (Å²) in [5.41, 5.74) is 3.60. The van der Waals surface area contributed by atoms with Crippen LogP contribution in [0.5, 0.6) is 0 Å². The van der Waals surface area contributed by atoms with Gasteiger partial charge in [-0.2, -0.15) is 0 Å². The first kappa shape index (κ1) is 13.5. The summed E-state index contributed by atoms with van der Waals surface area (Å²) in [6.07, 6.45) is 1.84. The molecule has 0 fully saturated rings. The van der Waals surface area contributed by atoms with Gasteiger partial charge in [-0.3, -0.25) is 4.98 Å². The summed E-state index contributed by atoms with van der Waals surface area (Å²) in [6, 6.07) is 19.1. The van der Waals surface area contributed by atoms with E-state index in [1.54, 1.807) is 0 Å². The van der Waals surface area contributed by atoms with Crippen molar-refractivity contribution in [2.75, 3.05) is 7.05 Å². The van der Waals surface area contributed by atoms with Gasteiger partial charge in [-0.15, -0.1) is 0 Å². The smallest absolute Gasteiger partial charge is 0.0705 e. The Morgan fingerprint density at radius 1 is 0.950 bits per heavy atom. The molecule has 1 unspecified atom stereocenters. The largest absolute Gasteiger partial charge is 0.309 e. The summed E-state index contributed by atoms with van der Waals surface area (Å²) in [6.45, 7) is 0. The van der Waals surface area contributed by atoms with Crippen LogP contribution in [0.1, 0.15) is 17.2 Å². The lowest BCUT2D eigenvalue weighted by molar-refractivity contribution is 0.693. The third-order valence-electron chi connectivity index (χ3n) is 3.50. The average Bonchev–Trinajstić information content (AvgIpc) is 2.50. The number of hydrogen-bond donors (Lipinski definition) is 1. The average molecular weight is 374 g/mol. The number of fused-ring (bicyclic) bond motifs is 1. The quantitative estimate of drug-likeness (QED) is 0.697. The highest BCUT2D eigenvalue weighted by atomic mass is 127. The molecule has 0 amide bonds. The molecule has 100 valence electrons. The fraction of sp³-hybridized carbons (Fsp3) is 0.118. The molecule has 2 aromatic carbocycles. The van der Waals surface area contributed by atoms with Gasteiger partial charge in [-0.25, -0.2) is 0 Å². The van der Waals surface area contributed by atoms with Crippen LogP contribution < -0.4 is 5.32 Å². The molecule has 0 saturated heterocycles. The maximum absolute atomic E-state index is 4.45. The molecule has 0 aliphatic heterocycles. The Morgan fingerprint density at radius 3 is 2.55 bits per heavy atom. The number of aromatic nitrogens is 1. The highest BCUT2D eigenvalue weighted by Crippen LogP contribution is 2.30. The van der Waals surface area contributed by atoms with E-state index in [-0.39, 0.29) is 6.04 Å². The van der Waals surface area contributed by atoms with E-state index in [1.165, 1.54) is 20.1 Å². The van der Waals surface area contributed by atoms with Crippen molar-refractivity contribution >= 4 is 33.5 Å². The van der Waals surface area contributed by atoms with Crippen LogP contribution >= 0.6 is 22.6 Å². The van der Waals surface area contributed by atoms with E-state index >= 15 is 0 Å². The standard InChI is InChI=1S/C17H15IN2/c1-19-17(14-6-2-3-9-15(14)18)13-7-4-10-16-12(13)8-5-11-20-16/h2-11,17,19H,1H3. The maximum Gasteiger partial charge on any atom is 0.0705 e. The minimum Gasteiger partial charge on any atom is -0.309 e. The van der Waals surface area contributed by atoms with E-state index in [0.717, 1.165) is 5.52 Å². The number of pyridine rings is 1. The van der Waals surface area contributed by atoms with Crippen LogP contribution in [-0.4, -0.2) is 12.0 Å². The van der Waals surface area contributed by atoms with Crippen molar-refractivity contribution in [3.8, 4) is 0 Å². The van der Waals surface area contributed by atoms with Gasteiger partial charge in [0.2, 0.25) is 0 Å². The molecule has 0 radical (unpaired) electrons. The minimum absolute atomic E-state index is 0.177. The number of nitrogens with one attached hydrogen (secondary N) is 1. The summed E-state index contributed by atoms with van der Waals surface area (Å²) < 4.78 is 1.27. The number of hydrogen-bond acceptors (Lipinski definition) is 2. The van der Waals surface area contributed by atoms with Crippen LogP contribution in [-0.2, 0) is 0 Å². The van der Waals surface area contributed by atoms with Crippen molar-refractivity contribution in [3.63, 3.8) is 0 Å². The number of nitrogens with zero attached hydrogens (tertiary/aromatic N) is 1. The van der Waals surface area contributed by atoms with Crippen molar-refractivity contribution in [1.29, 1.82) is 0 Å².